The summed E-state index contributed by atoms with van der Waals surface area (Å²) < 4.78 is 70.8. The van der Waals surface area contributed by atoms with Crippen molar-refractivity contribution < 1.29 is 31.1 Å². The maximum absolute atomic E-state index is 13.3. The Labute approximate surface area is 214 Å². The summed E-state index contributed by atoms with van der Waals surface area (Å²) in [6.45, 7) is 1.59. The third-order valence-corrected chi connectivity index (χ3v) is 6.19. The normalized spacial score (nSPS) is 12.2. The number of benzene rings is 2. The van der Waals surface area contributed by atoms with E-state index in [-0.39, 0.29) is 34.1 Å². The molecule has 1 amide bonds. The van der Waals surface area contributed by atoms with E-state index in [1.54, 1.807) is 11.6 Å². The number of nitrogens with one attached hydrogen (secondary N) is 3. The number of halogens is 3. The van der Waals surface area contributed by atoms with Crippen LogP contribution < -0.4 is 20.5 Å². The van der Waals surface area contributed by atoms with Crippen LogP contribution in [0.25, 0.3) is 11.3 Å². The van der Waals surface area contributed by atoms with E-state index in [1.807, 2.05) is 0 Å². The predicted octanol–water partition coefficient (Wildman–Crippen LogP) is 3.95. The minimum atomic E-state index is -5.04. The number of ether oxygens (including phenoxy) is 1. The van der Waals surface area contributed by atoms with Gasteiger partial charge in [-0.05, 0) is 36.8 Å². The van der Waals surface area contributed by atoms with Gasteiger partial charge in [-0.15, -0.1) is 0 Å². The molecule has 2 heterocycles. The monoisotopic (exact) mass is 547 g/mol. The van der Waals surface area contributed by atoms with E-state index in [4.69, 9.17) is 10.5 Å². The number of H-pyrrole nitrogens is 1. The highest BCUT2D eigenvalue weighted by molar-refractivity contribution is 7.93. The Morgan fingerprint density at radius 3 is 2.50 bits per heavy atom. The van der Waals surface area contributed by atoms with Crippen LogP contribution in [0.1, 0.15) is 28.9 Å². The van der Waals surface area contributed by atoms with Crippen molar-refractivity contribution in [2.45, 2.75) is 18.8 Å². The molecule has 15 heteroatoms. The molecule has 0 fully saturated rings. The van der Waals surface area contributed by atoms with Crippen LogP contribution in [0.15, 0.2) is 61.1 Å². The van der Waals surface area contributed by atoms with Crippen LogP contribution in [0, 0.1) is 5.82 Å². The average molecular weight is 548 g/mol. The van der Waals surface area contributed by atoms with Crippen LogP contribution in [0.5, 0.6) is 5.75 Å². The first-order chi connectivity index (χ1) is 18.0. The zero-order valence-electron chi connectivity index (χ0n) is 19.5. The first-order valence-electron chi connectivity index (χ1n) is 10.8. The largest absolute Gasteiger partial charge is 0.484 e. The second kappa shape index (κ2) is 10.8. The van der Waals surface area contributed by atoms with Gasteiger partial charge in [-0.25, -0.2) is 17.8 Å². The van der Waals surface area contributed by atoms with Crippen LogP contribution in [-0.2, 0) is 10.0 Å². The predicted molar refractivity (Wildman–Crippen MR) is 132 cm³/mol. The highest BCUT2D eigenvalue weighted by atomic mass is 32.2. The highest BCUT2D eigenvalue weighted by Crippen LogP contribution is 2.37. The van der Waals surface area contributed by atoms with Crippen LogP contribution in [-0.4, -0.2) is 40.2 Å². The molecule has 2 aromatic carbocycles. The lowest BCUT2D eigenvalue weighted by Gasteiger charge is -2.19. The van der Waals surface area contributed by atoms with Crippen molar-refractivity contribution >= 4 is 33.3 Å². The highest BCUT2D eigenvalue weighted by Gasteiger charge is 2.27. The second-order valence-corrected chi connectivity index (χ2v) is 9.48. The number of nitrogens with zero attached hydrogens (tertiary/aromatic N) is 3. The molecule has 0 aliphatic rings. The first kappa shape index (κ1) is 26.4. The smallest absolute Gasteiger partial charge is 0.355 e. The number of aromatic nitrogens is 4. The maximum atomic E-state index is 13.3. The summed E-state index contributed by atoms with van der Waals surface area (Å²) in [5.74, 6) is -4.80. The van der Waals surface area contributed by atoms with E-state index >= 15 is 0 Å². The molecule has 0 saturated heterocycles. The second-order valence-electron chi connectivity index (χ2n) is 7.83. The van der Waals surface area contributed by atoms with E-state index in [2.05, 4.69) is 25.5 Å². The standard InChI is InChI=1S/C23H20F3N7O4S/c1-12(13-2-5-15(24)6-3-13)37-17-10-14(4-7-16(17)33-38(35,36)23(25)26)20-19(21(27)34)22(32-31-20)30-18-11-28-8-9-29-18/h2-12,23,33H,1H3,(H2,27,34)(H2,29,30,31,32). The number of carbonyl (C=O) groups excluding carboxylic acids is 1. The molecule has 5 N–H and O–H groups in total. The van der Waals surface area contributed by atoms with Gasteiger partial charge in [0.15, 0.2) is 0 Å². The third kappa shape index (κ3) is 5.83. The van der Waals surface area contributed by atoms with E-state index in [0.29, 0.717) is 11.4 Å². The first-order valence-corrected chi connectivity index (χ1v) is 12.4. The topological polar surface area (TPSA) is 165 Å². The molecule has 0 saturated carbocycles. The minimum Gasteiger partial charge on any atom is -0.484 e. The fourth-order valence-electron chi connectivity index (χ4n) is 3.41. The Morgan fingerprint density at radius 2 is 1.87 bits per heavy atom. The molecule has 0 aliphatic carbocycles. The summed E-state index contributed by atoms with van der Waals surface area (Å²) in [5.41, 5.74) is 6.06. The van der Waals surface area contributed by atoms with E-state index in [0.717, 1.165) is 0 Å². The minimum absolute atomic E-state index is 0.0610. The van der Waals surface area contributed by atoms with Gasteiger partial charge in [0.05, 0.1) is 11.9 Å². The third-order valence-electron chi connectivity index (χ3n) is 5.21. The summed E-state index contributed by atoms with van der Waals surface area (Å²) >= 11 is 0. The van der Waals surface area contributed by atoms with Gasteiger partial charge in [0, 0.05) is 18.0 Å². The number of primary amides is 1. The molecule has 0 bridgehead atoms. The Hall–Kier alpha value is -4.66. The molecular weight excluding hydrogens is 527 g/mol. The Balaban J connectivity index is 1.76. The SMILES string of the molecule is CC(Oc1cc(-c2n[nH]c(Nc3cnccn3)c2C(N)=O)ccc1NS(=O)(=O)C(F)F)c1ccc(F)cc1. The molecule has 198 valence electrons. The molecule has 4 rings (SSSR count). The number of hydrogen-bond acceptors (Lipinski definition) is 8. The van der Waals surface area contributed by atoms with Gasteiger partial charge in [0.25, 0.3) is 15.9 Å². The molecule has 1 unspecified atom stereocenters. The number of amides is 1. The van der Waals surface area contributed by atoms with Crippen molar-refractivity contribution in [1.82, 2.24) is 20.2 Å². The van der Waals surface area contributed by atoms with Crippen molar-refractivity contribution in [3.05, 3.63) is 78.0 Å². The summed E-state index contributed by atoms with van der Waals surface area (Å²) in [7, 11) is -5.04. The van der Waals surface area contributed by atoms with Gasteiger partial charge in [0.2, 0.25) is 0 Å². The van der Waals surface area contributed by atoms with E-state index in [9.17, 15) is 26.4 Å². The quantitative estimate of drug-likeness (QED) is 0.232. The van der Waals surface area contributed by atoms with Crippen molar-refractivity contribution in [3.8, 4) is 17.0 Å². The fraction of sp³-hybridized carbons (Fsp3) is 0.130. The van der Waals surface area contributed by atoms with Gasteiger partial charge < -0.3 is 15.8 Å². The van der Waals surface area contributed by atoms with Crippen LogP contribution in [0.2, 0.25) is 0 Å². The molecule has 1 atom stereocenters. The summed E-state index contributed by atoms with van der Waals surface area (Å²) in [6.07, 6.45) is 3.52. The Kier molecular flexibility index (Phi) is 7.47. The number of sulfonamides is 1. The molecule has 11 nitrogen and oxygen atoms in total. The van der Waals surface area contributed by atoms with Gasteiger partial charge >= 0.3 is 5.76 Å². The Bertz CT molecular complexity index is 1550. The zero-order chi connectivity index (χ0) is 27.4. The van der Waals surface area contributed by atoms with Crippen molar-refractivity contribution in [2.75, 3.05) is 10.0 Å². The number of carbonyl (C=O) groups is 1. The van der Waals surface area contributed by atoms with E-state index in [1.165, 1.54) is 61.1 Å². The summed E-state index contributed by atoms with van der Waals surface area (Å²) in [4.78, 5) is 20.3. The van der Waals surface area contributed by atoms with Crippen molar-refractivity contribution in [1.29, 1.82) is 0 Å². The molecule has 0 spiro atoms. The number of hydrogen-bond donors (Lipinski definition) is 4. The molecule has 0 aliphatic heterocycles. The lowest BCUT2D eigenvalue weighted by atomic mass is 10.1. The van der Waals surface area contributed by atoms with Gasteiger partial charge in [-0.1, -0.05) is 18.2 Å². The zero-order valence-corrected chi connectivity index (χ0v) is 20.3. The van der Waals surface area contributed by atoms with Crippen LogP contribution in [0.3, 0.4) is 0 Å². The number of alkyl halides is 2. The molecule has 2 aromatic heterocycles. The van der Waals surface area contributed by atoms with Gasteiger partial charge in [-0.2, -0.15) is 13.9 Å². The van der Waals surface area contributed by atoms with Crippen molar-refractivity contribution in [2.24, 2.45) is 5.73 Å². The van der Waals surface area contributed by atoms with Crippen LogP contribution in [0.4, 0.5) is 30.5 Å². The molecular formula is C23H20F3N7O4S. The Morgan fingerprint density at radius 1 is 1.13 bits per heavy atom. The molecule has 4 aromatic rings. The molecule has 38 heavy (non-hydrogen) atoms. The lowest BCUT2D eigenvalue weighted by Crippen LogP contribution is -2.21. The van der Waals surface area contributed by atoms with Gasteiger partial charge in [0.1, 0.15) is 40.6 Å². The summed E-state index contributed by atoms with van der Waals surface area (Å²) in [6, 6.07) is 9.15. The number of nitrogens with two attached hydrogens (primary N) is 1. The van der Waals surface area contributed by atoms with Gasteiger partial charge in [-0.3, -0.25) is 19.6 Å². The molecule has 0 radical (unpaired) electrons. The van der Waals surface area contributed by atoms with Crippen molar-refractivity contribution in [3.63, 3.8) is 0 Å². The maximum Gasteiger partial charge on any atom is 0.355 e. The van der Waals surface area contributed by atoms with E-state index < -0.39 is 33.6 Å². The number of rotatable bonds is 10. The lowest BCUT2D eigenvalue weighted by molar-refractivity contribution is 0.100. The number of aromatic amines is 1. The number of anilines is 3. The fourth-order valence-corrected chi connectivity index (χ4v) is 3.98. The summed E-state index contributed by atoms with van der Waals surface area (Å²) in [5, 5.41) is 9.62. The van der Waals surface area contributed by atoms with Crippen LogP contribution >= 0.6 is 0 Å². The average Bonchev–Trinajstić information content (AvgIpc) is 3.29.